The average molecular weight is 516 g/mol. The maximum atomic E-state index is 10.7. The molecule has 6 atom stereocenters. The van der Waals surface area contributed by atoms with Gasteiger partial charge >= 0.3 is 0 Å². The highest BCUT2D eigenvalue weighted by Gasteiger charge is 2.67. The molecule has 2 saturated carbocycles. The van der Waals surface area contributed by atoms with Gasteiger partial charge in [-0.3, -0.25) is 0 Å². The molecule has 0 radical (unpaired) electrons. The number of ether oxygens (including phenoxy) is 1. The SMILES string of the molecule is C=C1CC[C@@H](O)[C@]2(C)C(=C)C[C@@](I)([C@](C)(OC)C(C)I)[C@@H]12. The molecule has 120 valence electrons. The van der Waals surface area contributed by atoms with Crippen molar-refractivity contribution in [2.24, 2.45) is 11.3 Å². The highest BCUT2D eigenvalue weighted by atomic mass is 127. The van der Waals surface area contributed by atoms with Crippen molar-refractivity contribution in [1.29, 1.82) is 0 Å². The van der Waals surface area contributed by atoms with Gasteiger partial charge in [-0.15, -0.1) is 0 Å². The Labute approximate surface area is 156 Å². The first-order valence-electron chi connectivity index (χ1n) is 7.47. The van der Waals surface area contributed by atoms with Gasteiger partial charge in [0.1, 0.15) is 0 Å². The zero-order valence-electron chi connectivity index (χ0n) is 13.4. The topological polar surface area (TPSA) is 29.5 Å². The number of hydrogen-bond donors (Lipinski definition) is 1. The first-order chi connectivity index (χ1) is 9.55. The van der Waals surface area contributed by atoms with E-state index in [-0.39, 0.29) is 26.5 Å². The van der Waals surface area contributed by atoms with E-state index in [0.29, 0.717) is 3.92 Å². The maximum absolute atomic E-state index is 10.7. The third-order valence-corrected chi connectivity index (χ3v) is 9.40. The van der Waals surface area contributed by atoms with Gasteiger partial charge < -0.3 is 9.84 Å². The monoisotopic (exact) mass is 516 g/mol. The molecule has 4 heteroatoms. The van der Waals surface area contributed by atoms with E-state index in [9.17, 15) is 5.11 Å². The summed E-state index contributed by atoms with van der Waals surface area (Å²) in [5.74, 6) is 0.212. The second-order valence-electron chi connectivity index (χ2n) is 7.00. The standard InChI is InChI=1S/C17H26I2O2/c1-10-7-8-13(20)15(4)11(2)9-17(19,14(10)15)16(5,21-6)12(3)18/h12-14,20H,1-2,7-9H2,3-6H3/t12?,13-,14+,15+,16-,17+/m1/s1. The van der Waals surface area contributed by atoms with Gasteiger partial charge in [0, 0.05) is 22.4 Å². The number of aliphatic hydroxyl groups is 1. The molecular formula is C17H26I2O2. The van der Waals surface area contributed by atoms with Crippen LogP contribution in [0.4, 0.5) is 0 Å². The molecule has 0 aromatic carbocycles. The number of aliphatic hydroxyl groups excluding tert-OH is 1. The van der Waals surface area contributed by atoms with E-state index in [4.69, 9.17) is 4.74 Å². The van der Waals surface area contributed by atoms with Crippen molar-refractivity contribution < 1.29 is 9.84 Å². The van der Waals surface area contributed by atoms with Gasteiger partial charge in [0.25, 0.3) is 0 Å². The van der Waals surface area contributed by atoms with Gasteiger partial charge in [-0.05, 0) is 26.2 Å². The lowest BCUT2D eigenvalue weighted by Crippen LogP contribution is -2.59. The summed E-state index contributed by atoms with van der Waals surface area (Å²) >= 11 is 5.04. The van der Waals surface area contributed by atoms with E-state index in [1.807, 2.05) is 0 Å². The Hall–Kier alpha value is 0.860. The van der Waals surface area contributed by atoms with Crippen molar-refractivity contribution in [3.05, 3.63) is 24.3 Å². The summed E-state index contributed by atoms with van der Waals surface area (Å²) in [6, 6.07) is 0. The van der Waals surface area contributed by atoms with Crippen molar-refractivity contribution in [3.8, 4) is 0 Å². The van der Waals surface area contributed by atoms with Crippen LogP contribution in [0.25, 0.3) is 0 Å². The summed E-state index contributed by atoms with van der Waals surface area (Å²) < 4.78 is 6.26. The Bertz CT molecular complexity index is 475. The normalized spacial score (nSPS) is 44.3. The predicted octanol–water partition coefficient (Wildman–Crippen LogP) is 4.68. The molecule has 2 aliphatic carbocycles. The largest absolute Gasteiger partial charge is 0.392 e. The zero-order chi connectivity index (χ0) is 16.2. The van der Waals surface area contributed by atoms with E-state index < -0.39 is 0 Å². The third kappa shape index (κ3) is 2.30. The number of halogens is 2. The minimum absolute atomic E-state index is 0.121. The van der Waals surface area contributed by atoms with Gasteiger partial charge in [-0.25, -0.2) is 0 Å². The second kappa shape index (κ2) is 5.74. The molecule has 2 fully saturated rings. The van der Waals surface area contributed by atoms with E-state index in [1.54, 1.807) is 7.11 Å². The van der Waals surface area contributed by atoms with Crippen molar-refractivity contribution in [3.63, 3.8) is 0 Å². The predicted molar refractivity (Wildman–Crippen MR) is 105 cm³/mol. The van der Waals surface area contributed by atoms with Crippen LogP contribution in [0, 0.1) is 11.3 Å². The molecule has 0 spiro atoms. The molecule has 1 unspecified atom stereocenters. The van der Waals surface area contributed by atoms with E-state index >= 15 is 0 Å². The fraction of sp³-hybridized carbons (Fsp3) is 0.765. The Morgan fingerprint density at radius 2 is 2.05 bits per heavy atom. The molecule has 0 aromatic heterocycles. The summed E-state index contributed by atoms with van der Waals surface area (Å²) in [5.41, 5.74) is 1.83. The lowest BCUT2D eigenvalue weighted by atomic mass is 9.60. The van der Waals surface area contributed by atoms with Gasteiger partial charge in [0.2, 0.25) is 0 Å². The lowest BCUT2D eigenvalue weighted by molar-refractivity contribution is -0.0510. The molecule has 1 N–H and O–H groups in total. The van der Waals surface area contributed by atoms with Crippen LogP contribution >= 0.6 is 45.2 Å². The number of alkyl halides is 2. The summed E-state index contributed by atoms with van der Waals surface area (Å²) in [4.78, 5) is 0. The van der Waals surface area contributed by atoms with Crippen molar-refractivity contribution in [1.82, 2.24) is 0 Å². The van der Waals surface area contributed by atoms with Gasteiger partial charge in [-0.2, -0.15) is 0 Å². The Morgan fingerprint density at radius 1 is 1.48 bits per heavy atom. The number of allylic oxidation sites excluding steroid dienone is 1. The molecule has 2 nitrogen and oxygen atoms in total. The molecule has 21 heavy (non-hydrogen) atoms. The van der Waals surface area contributed by atoms with Gasteiger partial charge in [-0.1, -0.05) is 83.3 Å². The minimum Gasteiger partial charge on any atom is -0.392 e. The summed E-state index contributed by atoms with van der Waals surface area (Å²) in [6.07, 6.45) is 2.24. The Balaban J connectivity index is 2.61. The minimum atomic E-state index is -0.331. The van der Waals surface area contributed by atoms with Crippen LogP contribution in [0.5, 0.6) is 0 Å². The first kappa shape index (κ1) is 18.2. The van der Waals surface area contributed by atoms with Crippen LogP contribution in [0.3, 0.4) is 0 Å². The number of rotatable bonds is 3. The molecule has 2 rings (SSSR count). The van der Waals surface area contributed by atoms with E-state index in [2.05, 4.69) is 79.1 Å². The third-order valence-electron chi connectivity index (χ3n) is 6.14. The van der Waals surface area contributed by atoms with Gasteiger partial charge in [0.05, 0.1) is 15.1 Å². The highest BCUT2D eigenvalue weighted by Crippen LogP contribution is 2.67. The summed E-state index contributed by atoms with van der Waals surface area (Å²) in [6.45, 7) is 15.3. The molecule has 0 heterocycles. The van der Waals surface area contributed by atoms with Crippen LogP contribution in [-0.4, -0.2) is 31.3 Å². The van der Waals surface area contributed by atoms with Crippen LogP contribution < -0.4 is 0 Å². The molecular weight excluding hydrogens is 490 g/mol. The highest BCUT2D eigenvalue weighted by molar-refractivity contribution is 14.1. The zero-order valence-corrected chi connectivity index (χ0v) is 17.7. The average Bonchev–Trinajstić information content (AvgIpc) is 2.63. The molecule has 0 aliphatic heterocycles. The van der Waals surface area contributed by atoms with E-state index in [0.717, 1.165) is 24.8 Å². The van der Waals surface area contributed by atoms with Crippen LogP contribution in [-0.2, 0) is 4.74 Å². The smallest absolute Gasteiger partial charge is 0.0919 e. The summed E-state index contributed by atoms with van der Waals surface area (Å²) in [7, 11) is 1.80. The molecule has 2 aliphatic rings. The van der Waals surface area contributed by atoms with Crippen molar-refractivity contribution in [2.75, 3.05) is 7.11 Å². The number of methoxy groups -OCH3 is 1. The molecule has 0 bridgehead atoms. The van der Waals surface area contributed by atoms with Gasteiger partial charge in [0.15, 0.2) is 0 Å². The van der Waals surface area contributed by atoms with Crippen LogP contribution in [0.15, 0.2) is 24.3 Å². The quantitative estimate of drug-likeness (QED) is 0.336. The van der Waals surface area contributed by atoms with Crippen LogP contribution in [0.2, 0.25) is 0 Å². The fourth-order valence-electron chi connectivity index (χ4n) is 4.35. The fourth-order valence-corrected chi connectivity index (χ4v) is 7.99. The van der Waals surface area contributed by atoms with Crippen molar-refractivity contribution >= 4 is 45.2 Å². The van der Waals surface area contributed by atoms with Crippen LogP contribution in [0.1, 0.15) is 40.0 Å². The van der Waals surface area contributed by atoms with Crippen molar-refractivity contribution in [2.45, 2.75) is 59.1 Å². The lowest BCUT2D eigenvalue weighted by Gasteiger charge is -2.52. The Kier molecular flexibility index (Phi) is 4.98. The molecule has 0 saturated heterocycles. The number of hydrogen-bond acceptors (Lipinski definition) is 2. The number of fused-ring (bicyclic) bond motifs is 1. The molecule has 0 amide bonds. The first-order valence-corrected chi connectivity index (χ1v) is 9.80. The second-order valence-corrected chi connectivity index (χ2v) is 10.8. The summed E-state index contributed by atoms with van der Waals surface area (Å²) in [5, 5.41) is 10.7. The maximum Gasteiger partial charge on any atom is 0.0919 e. The Morgan fingerprint density at radius 3 is 2.52 bits per heavy atom. The molecule has 0 aromatic rings. The van der Waals surface area contributed by atoms with E-state index in [1.165, 1.54) is 5.57 Å².